The van der Waals surface area contributed by atoms with Crippen LogP contribution in [0.15, 0.2) is 41.3 Å². The number of ether oxygens (including phenoxy) is 1. The molecule has 0 spiro atoms. The minimum atomic E-state index is -3.99. The van der Waals surface area contributed by atoms with E-state index >= 15 is 0 Å². The zero-order valence-electron chi connectivity index (χ0n) is 14.3. The largest absolute Gasteiger partial charge is 0.495 e. The molecule has 0 fully saturated rings. The van der Waals surface area contributed by atoms with Gasteiger partial charge in [-0.25, -0.2) is 12.8 Å². The molecular formula is C17H18ClFN2O4S. The van der Waals surface area contributed by atoms with Crippen molar-refractivity contribution < 1.29 is 22.3 Å². The van der Waals surface area contributed by atoms with Crippen molar-refractivity contribution >= 4 is 33.2 Å². The molecule has 9 heteroatoms. The van der Waals surface area contributed by atoms with Crippen molar-refractivity contribution in [2.24, 2.45) is 0 Å². The van der Waals surface area contributed by atoms with Crippen molar-refractivity contribution in [3.8, 4) is 5.75 Å². The molecule has 0 saturated heterocycles. The lowest BCUT2D eigenvalue weighted by atomic mass is 10.2. The fourth-order valence-electron chi connectivity index (χ4n) is 2.14. The highest BCUT2D eigenvalue weighted by atomic mass is 35.5. The Morgan fingerprint density at radius 3 is 2.54 bits per heavy atom. The van der Waals surface area contributed by atoms with Crippen LogP contribution in [-0.2, 0) is 14.8 Å². The molecule has 26 heavy (non-hydrogen) atoms. The number of hydrogen-bond donors (Lipinski definition) is 2. The van der Waals surface area contributed by atoms with Crippen LogP contribution in [0.2, 0.25) is 5.02 Å². The molecule has 6 nitrogen and oxygen atoms in total. The van der Waals surface area contributed by atoms with Gasteiger partial charge in [0.05, 0.1) is 23.1 Å². The number of sulfonamides is 1. The lowest BCUT2D eigenvalue weighted by molar-refractivity contribution is -0.117. The molecule has 0 bridgehead atoms. The van der Waals surface area contributed by atoms with Crippen LogP contribution < -0.4 is 14.8 Å². The smallest absolute Gasteiger partial charge is 0.242 e. The van der Waals surface area contributed by atoms with E-state index in [1.54, 1.807) is 6.92 Å². The molecule has 2 aromatic rings. The van der Waals surface area contributed by atoms with Gasteiger partial charge in [0, 0.05) is 5.69 Å². The maximum Gasteiger partial charge on any atom is 0.242 e. The summed E-state index contributed by atoms with van der Waals surface area (Å²) in [6, 6.07) is 6.81. The van der Waals surface area contributed by atoms with Gasteiger partial charge >= 0.3 is 0 Å². The number of carbonyl (C=O) groups excluding carboxylic acids is 1. The number of carbonyl (C=O) groups is 1. The minimum Gasteiger partial charge on any atom is -0.495 e. The van der Waals surface area contributed by atoms with Crippen LogP contribution in [0.5, 0.6) is 5.75 Å². The third kappa shape index (κ3) is 4.72. The van der Waals surface area contributed by atoms with Crippen molar-refractivity contribution in [2.45, 2.75) is 24.8 Å². The summed E-state index contributed by atoms with van der Waals surface area (Å²) in [7, 11) is -2.58. The highest BCUT2D eigenvalue weighted by molar-refractivity contribution is 7.89. The number of aryl methyl sites for hydroxylation is 1. The molecule has 0 unspecified atom stereocenters. The lowest BCUT2D eigenvalue weighted by Gasteiger charge is -2.16. The van der Waals surface area contributed by atoms with Crippen LogP contribution >= 0.6 is 11.6 Å². The number of nitrogens with one attached hydrogen (secondary N) is 2. The van der Waals surface area contributed by atoms with E-state index in [9.17, 15) is 17.6 Å². The summed E-state index contributed by atoms with van der Waals surface area (Å²) in [5.74, 6) is -0.799. The summed E-state index contributed by atoms with van der Waals surface area (Å²) in [4.78, 5) is 12.1. The van der Waals surface area contributed by atoms with E-state index in [0.717, 1.165) is 6.07 Å². The molecule has 0 aliphatic rings. The molecule has 140 valence electrons. The Hall–Kier alpha value is -2.16. The fraction of sp³-hybridized carbons (Fsp3) is 0.235. The molecular weight excluding hydrogens is 383 g/mol. The first-order chi connectivity index (χ1) is 12.1. The van der Waals surface area contributed by atoms with Crippen molar-refractivity contribution in [1.29, 1.82) is 0 Å². The van der Waals surface area contributed by atoms with Gasteiger partial charge < -0.3 is 10.1 Å². The summed E-state index contributed by atoms with van der Waals surface area (Å²) < 4.78 is 45.4. The molecule has 1 amide bonds. The van der Waals surface area contributed by atoms with Crippen LogP contribution in [0.3, 0.4) is 0 Å². The molecule has 0 saturated carbocycles. The van der Waals surface area contributed by atoms with Crippen LogP contribution in [-0.4, -0.2) is 27.5 Å². The zero-order valence-corrected chi connectivity index (χ0v) is 15.9. The van der Waals surface area contributed by atoms with Crippen molar-refractivity contribution in [2.75, 3.05) is 12.4 Å². The van der Waals surface area contributed by atoms with Crippen molar-refractivity contribution in [1.82, 2.24) is 4.72 Å². The third-order valence-electron chi connectivity index (χ3n) is 3.62. The second-order valence-corrected chi connectivity index (χ2v) is 7.71. The van der Waals surface area contributed by atoms with E-state index in [4.69, 9.17) is 16.3 Å². The molecule has 0 heterocycles. The van der Waals surface area contributed by atoms with Gasteiger partial charge in [-0.05, 0) is 49.7 Å². The summed E-state index contributed by atoms with van der Waals surface area (Å²) >= 11 is 5.94. The fourth-order valence-corrected chi connectivity index (χ4v) is 3.69. The molecule has 0 aromatic heterocycles. The second-order valence-electron chi connectivity index (χ2n) is 5.59. The molecule has 2 N–H and O–H groups in total. The first-order valence-corrected chi connectivity index (χ1v) is 9.43. The van der Waals surface area contributed by atoms with Gasteiger partial charge in [0.15, 0.2) is 0 Å². The van der Waals surface area contributed by atoms with Crippen molar-refractivity contribution in [3.05, 3.63) is 52.8 Å². The number of halogens is 2. The van der Waals surface area contributed by atoms with Gasteiger partial charge in [-0.15, -0.1) is 0 Å². The molecule has 0 aliphatic carbocycles. The van der Waals surface area contributed by atoms with Gasteiger partial charge in [0.25, 0.3) is 0 Å². The molecule has 1 atom stereocenters. The number of methoxy groups -OCH3 is 1. The Morgan fingerprint density at radius 1 is 1.23 bits per heavy atom. The van der Waals surface area contributed by atoms with Crippen LogP contribution in [0.25, 0.3) is 0 Å². The summed E-state index contributed by atoms with van der Waals surface area (Å²) in [6.45, 7) is 3.08. The second kappa shape index (κ2) is 8.03. The monoisotopic (exact) mass is 400 g/mol. The molecule has 0 aliphatic heterocycles. The zero-order chi connectivity index (χ0) is 19.5. The van der Waals surface area contributed by atoms with Gasteiger partial charge in [0.1, 0.15) is 11.6 Å². The van der Waals surface area contributed by atoms with Gasteiger partial charge in [-0.2, -0.15) is 4.72 Å². The van der Waals surface area contributed by atoms with E-state index in [1.807, 2.05) is 0 Å². The quantitative estimate of drug-likeness (QED) is 0.780. The van der Waals surface area contributed by atoms with E-state index in [-0.39, 0.29) is 15.6 Å². The standard InChI is InChI=1S/C17H18ClFN2O4S/c1-10-4-5-12(19)8-15(10)20-17(22)11(2)21-26(23,24)13-6-7-16(25-3)14(18)9-13/h4-9,11,21H,1-3H3,(H,20,22)/t11-/m0/s1. The Balaban J connectivity index is 2.14. The van der Waals surface area contributed by atoms with Crippen LogP contribution in [0.4, 0.5) is 10.1 Å². The van der Waals surface area contributed by atoms with Crippen molar-refractivity contribution in [3.63, 3.8) is 0 Å². The highest BCUT2D eigenvalue weighted by Crippen LogP contribution is 2.27. The minimum absolute atomic E-state index is 0.107. The molecule has 2 aromatic carbocycles. The highest BCUT2D eigenvalue weighted by Gasteiger charge is 2.23. The summed E-state index contributed by atoms with van der Waals surface area (Å²) in [5, 5.41) is 2.63. The van der Waals surface area contributed by atoms with Gasteiger partial charge in [-0.1, -0.05) is 17.7 Å². The third-order valence-corrected chi connectivity index (χ3v) is 5.45. The normalized spacial score (nSPS) is 12.5. The Labute approximate surface area is 156 Å². The first kappa shape index (κ1) is 20.2. The first-order valence-electron chi connectivity index (χ1n) is 7.57. The number of anilines is 1. The topological polar surface area (TPSA) is 84.5 Å². The average Bonchev–Trinajstić information content (AvgIpc) is 2.57. The van der Waals surface area contributed by atoms with Crippen LogP contribution in [0.1, 0.15) is 12.5 Å². The SMILES string of the molecule is COc1ccc(S(=O)(=O)N[C@@H](C)C(=O)Nc2cc(F)ccc2C)cc1Cl. The number of rotatable bonds is 6. The Bertz CT molecular complexity index is 934. The lowest BCUT2D eigenvalue weighted by Crippen LogP contribution is -2.41. The summed E-state index contributed by atoms with van der Waals surface area (Å²) in [5.41, 5.74) is 0.922. The van der Waals surface area contributed by atoms with E-state index in [0.29, 0.717) is 11.3 Å². The Kier molecular flexibility index (Phi) is 6.22. The van der Waals surface area contributed by atoms with Gasteiger partial charge in [0.2, 0.25) is 15.9 Å². The predicted molar refractivity (Wildman–Crippen MR) is 97.6 cm³/mol. The van der Waals surface area contributed by atoms with E-state index in [2.05, 4.69) is 10.0 Å². The van der Waals surface area contributed by atoms with Gasteiger partial charge in [-0.3, -0.25) is 4.79 Å². The predicted octanol–water partition coefficient (Wildman–Crippen LogP) is 3.10. The van der Waals surface area contributed by atoms with E-state index < -0.39 is 27.8 Å². The number of amides is 1. The number of benzene rings is 2. The number of hydrogen-bond acceptors (Lipinski definition) is 4. The van der Waals surface area contributed by atoms with Crippen LogP contribution in [0, 0.1) is 12.7 Å². The average molecular weight is 401 g/mol. The molecule has 2 rings (SSSR count). The summed E-state index contributed by atoms with van der Waals surface area (Å²) in [6.07, 6.45) is 0. The molecule has 0 radical (unpaired) electrons. The Morgan fingerprint density at radius 2 is 1.92 bits per heavy atom. The van der Waals surface area contributed by atoms with E-state index in [1.165, 1.54) is 44.4 Å². The maximum atomic E-state index is 13.3. The maximum absolute atomic E-state index is 13.3.